The molecule has 1 aromatic carbocycles. The average Bonchev–Trinajstić information content (AvgIpc) is 2.28. The van der Waals surface area contributed by atoms with Gasteiger partial charge in [-0.3, -0.25) is 4.79 Å². The second-order valence-corrected chi connectivity index (χ2v) is 4.21. The van der Waals surface area contributed by atoms with Gasteiger partial charge in [0.2, 0.25) is 0 Å². The van der Waals surface area contributed by atoms with Gasteiger partial charge >= 0.3 is 0 Å². The van der Waals surface area contributed by atoms with Crippen LogP contribution in [0.2, 0.25) is 0 Å². The molecule has 2 rings (SSSR count). The first-order valence-electron chi connectivity index (χ1n) is 3.76. The minimum Gasteiger partial charge on any atom is -0.324 e. The highest BCUT2D eigenvalue weighted by atomic mass is 127. The highest BCUT2D eigenvalue weighted by molar-refractivity contribution is 14.1. The number of carbonyl (C=O) groups is 1. The van der Waals surface area contributed by atoms with E-state index < -0.39 is 0 Å². The third kappa shape index (κ3) is 1.17. The molecule has 0 fully saturated rings. The Balaban J connectivity index is 2.60. The van der Waals surface area contributed by atoms with Crippen LogP contribution < -0.4 is 5.73 Å². The van der Waals surface area contributed by atoms with E-state index in [2.05, 4.69) is 22.6 Å². The quantitative estimate of drug-likeness (QED) is 0.733. The SMILES string of the molecule is N[C@@H]1CC(=O)c2ccc(I)cc21. The number of halogens is 1. The summed E-state index contributed by atoms with van der Waals surface area (Å²) < 4.78 is 1.14. The number of carbonyl (C=O) groups excluding carboxylic acids is 1. The highest BCUT2D eigenvalue weighted by Crippen LogP contribution is 2.30. The Morgan fingerprint density at radius 3 is 3.00 bits per heavy atom. The van der Waals surface area contributed by atoms with Gasteiger partial charge in [-0.15, -0.1) is 0 Å². The van der Waals surface area contributed by atoms with Crippen LogP contribution in [0.1, 0.15) is 28.4 Å². The lowest BCUT2D eigenvalue weighted by Gasteiger charge is -2.02. The lowest BCUT2D eigenvalue weighted by molar-refractivity contribution is 0.0989. The molecule has 0 saturated carbocycles. The fourth-order valence-corrected chi connectivity index (χ4v) is 2.03. The predicted molar refractivity (Wildman–Crippen MR) is 55.0 cm³/mol. The second kappa shape index (κ2) is 2.81. The van der Waals surface area contributed by atoms with Crippen molar-refractivity contribution in [1.29, 1.82) is 0 Å². The zero-order valence-electron chi connectivity index (χ0n) is 6.38. The summed E-state index contributed by atoms with van der Waals surface area (Å²) in [5.41, 5.74) is 7.60. The molecule has 0 heterocycles. The van der Waals surface area contributed by atoms with Gasteiger partial charge in [0.15, 0.2) is 5.78 Å². The van der Waals surface area contributed by atoms with Gasteiger partial charge in [-0.2, -0.15) is 0 Å². The number of benzene rings is 1. The van der Waals surface area contributed by atoms with Crippen molar-refractivity contribution >= 4 is 28.4 Å². The monoisotopic (exact) mass is 273 g/mol. The van der Waals surface area contributed by atoms with Crippen LogP contribution in [0.3, 0.4) is 0 Å². The Bertz CT molecular complexity index is 348. The summed E-state index contributed by atoms with van der Waals surface area (Å²) in [6, 6.07) is 5.72. The van der Waals surface area contributed by atoms with E-state index in [9.17, 15) is 4.79 Å². The number of hydrogen-bond acceptors (Lipinski definition) is 2. The van der Waals surface area contributed by atoms with Crippen molar-refractivity contribution in [3.63, 3.8) is 0 Å². The maximum Gasteiger partial charge on any atom is 0.165 e. The summed E-state index contributed by atoms with van der Waals surface area (Å²) in [7, 11) is 0. The third-order valence-electron chi connectivity index (χ3n) is 2.12. The molecular weight excluding hydrogens is 265 g/mol. The first-order chi connectivity index (χ1) is 5.68. The van der Waals surface area contributed by atoms with Crippen LogP contribution in [0.15, 0.2) is 18.2 Å². The van der Waals surface area contributed by atoms with Crippen molar-refractivity contribution in [3.8, 4) is 0 Å². The largest absolute Gasteiger partial charge is 0.324 e. The summed E-state index contributed by atoms with van der Waals surface area (Å²) in [5, 5.41) is 0. The Morgan fingerprint density at radius 2 is 2.25 bits per heavy atom. The molecule has 0 saturated heterocycles. The van der Waals surface area contributed by atoms with Gasteiger partial charge < -0.3 is 5.73 Å². The zero-order valence-corrected chi connectivity index (χ0v) is 8.54. The molecule has 0 unspecified atom stereocenters. The van der Waals surface area contributed by atoms with Gasteiger partial charge in [0, 0.05) is 21.6 Å². The lowest BCUT2D eigenvalue weighted by atomic mass is 10.1. The average molecular weight is 273 g/mol. The van der Waals surface area contributed by atoms with Gasteiger partial charge in [-0.25, -0.2) is 0 Å². The van der Waals surface area contributed by atoms with Crippen molar-refractivity contribution in [3.05, 3.63) is 32.9 Å². The highest BCUT2D eigenvalue weighted by Gasteiger charge is 2.26. The van der Waals surface area contributed by atoms with Crippen LogP contribution in [-0.4, -0.2) is 5.78 Å². The molecular formula is C9H8INO. The molecule has 1 aromatic rings. The minimum absolute atomic E-state index is 0.0813. The normalized spacial score (nSPS) is 21.2. The molecule has 1 aliphatic rings. The van der Waals surface area contributed by atoms with Crippen molar-refractivity contribution in [2.75, 3.05) is 0 Å². The molecule has 0 bridgehead atoms. The molecule has 3 heteroatoms. The van der Waals surface area contributed by atoms with Gasteiger partial charge in [0.05, 0.1) is 0 Å². The summed E-state index contributed by atoms with van der Waals surface area (Å²) in [5.74, 6) is 0.175. The minimum atomic E-state index is -0.0813. The summed E-state index contributed by atoms with van der Waals surface area (Å²) in [6.07, 6.45) is 0.468. The lowest BCUT2D eigenvalue weighted by Crippen LogP contribution is -2.05. The Labute approximate surface area is 84.3 Å². The van der Waals surface area contributed by atoms with E-state index in [4.69, 9.17) is 5.73 Å². The maximum absolute atomic E-state index is 11.3. The molecule has 0 spiro atoms. The second-order valence-electron chi connectivity index (χ2n) is 2.97. The summed E-state index contributed by atoms with van der Waals surface area (Å²) >= 11 is 2.22. The molecule has 62 valence electrons. The number of ketones is 1. The van der Waals surface area contributed by atoms with Gasteiger partial charge in [-0.05, 0) is 40.3 Å². The van der Waals surface area contributed by atoms with Crippen LogP contribution in [0.4, 0.5) is 0 Å². The summed E-state index contributed by atoms with van der Waals surface area (Å²) in [4.78, 5) is 11.3. The van der Waals surface area contributed by atoms with E-state index in [1.807, 2.05) is 18.2 Å². The van der Waals surface area contributed by atoms with E-state index in [1.54, 1.807) is 0 Å². The fraction of sp³-hybridized carbons (Fsp3) is 0.222. The number of fused-ring (bicyclic) bond motifs is 1. The van der Waals surface area contributed by atoms with E-state index >= 15 is 0 Å². The molecule has 0 aliphatic heterocycles. The van der Waals surface area contributed by atoms with Crippen molar-refractivity contribution < 1.29 is 4.79 Å². The van der Waals surface area contributed by atoms with Crippen LogP contribution in [0.25, 0.3) is 0 Å². The third-order valence-corrected chi connectivity index (χ3v) is 2.79. The topological polar surface area (TPSA) is 43.1 Å². The smallest absolute Gasteiger partial charge is 0.165 e. The molecule has 2 N–H and O–H groups in total. The number of hydrogen-bond donors (Lipinski definition) is 1. The molecule has 12 heavy (non-hydrogen) atoms. The van der Waals surface area contributed by atoms with Crippen molar-refractivity contribution in [2.45, 2.75) is 12.5 Å². The van der Waals surface area contributed by atoms with Crippen LogP contribution in [-0.2, 0) is 0 Å². The van der Waals surface area contributed by atoms with Crippen molar-refractivity contribution in [1.82, 2.24) is 0 Å². The van der Waals surface area contributed by atoms with Gasteiger partial charge in [-0.1, -0.05) is 6.07 Å². The first kappa shape index (κ1) is 8.19. The van der Waals surface area contributed by atoms with E-state index in [1.165, 1.54) is 0 Å². The molecule has 1 aliphatic carbocycles. The van der Waals surface area contributed by atoms with E-state index in [0.717, 1.165) is 14.7 Å². The van der Waals surface area contributed by atoms with Crippen LogP contribution in [0, 0.1) is 3.57 Å². The molecule has 0 radical (unpaired) electrons. The molecule has 1 atom stereocenters. The standard InChI is InChI=1S/C9H8INO/c10-5-1-2-6-7(3-5)8(11)4-9(6)12/h1-3,8H,4,11H2/t8-/m1/s1. The Morgan fingerprint density at radius 1 is 1.50 bits per heavy atom. The van der Waals surface area contributed by atoms with Gasteiger partial charge in [0.1, 0.15) is 0 Å². The molecule has 2 nitrogen and oxygen atoms in total. The molecule has 0 amide bonds. The first-order valence-corrected chi connectivity index (χ1v) is 4.84. The summed E-state index contributed by atoms with van der Waals surface area (Å²) in [6.45, 7) is 0. The Hall–Kier alpha value is -0.420. The van der Waals surface area contributed by atoms with E-state index in [-0.39, 0.29) is 11.8 Å². The van der Waals surface area contributed by atoms with Crippen LogP contribution in [0.5, 0.6) is 0 Å². The Kier molecular flexibility index (Phi) is 1.92. The maximum atomic E-state index is 11.3. The van der Waals surface area contributed by atoms with Crippen molar-refractivity contribution in [2.24, 2.45) is 5.73 Å². The number of nitrogens with two attached hydrogens (primary N) is 1. The molecule has 0 aromatic heterocycles. The number of Topliss-reactive ketones (excluding diaryl/α,β-unsaturated/α-hetero) is 1. The predicted octanol–water partition coefficient (Wildman–Crippen LogP) is 1.88. The van der Waals surface area contributed by atoms with Crippen LogP contribution >= 0.6 is 22.6 Å². The zero-order chi connectivity index (χ0) is 8.72. The number of rotatable bonds is 0. The van der Waals surface area contributed by atoms with Gasteiger partial charge in [0.25, 0.3) is 0 Å². The fourth-order valence-electron chi connectivity index (χ4n) is 1.51. The van der Waals surface area contributed by atoms with E-state index in [0.29, 0.717) is 6.42 Å².